The fourth-order valence-corrected chi connectivity index (χ4v) is 3.23. The zero-order chi connectivity index (χ0) is 21.4. The number of phenolic OH excluding ortho intramolecular Hbond substituents is 1. The van der Waals surface area contributed by atoms with Crippen molar-refractivity contribution in [1.29, 1.82) is 0 Å². The van der Waals surface area contributed by atoms with Gasteiger partial charge in [0.25, 0.3) is 0 Å². The molecule has 3 rings (SSSR count). The van der Waals surface area contributed by atoms with E-state index in [0.717, 1.165) is 0 Å². The van der Waals surface area contributed by atoms with Gasteiger partial charge in [0.05, 0.1) is 13.2 Å². The van der Waals surface area contributed by atoms with Crippen molar-refractivity contribution in [3.8, 4) is 11.5 Å². The molecule has 1 saturated heterocycles. The summed E-state index contributed by atoms with van der Waals surface area (Å²) in [5.74, 6) is -2.95. The highest BCUT2D eigenvalue weighted by Crippen LogP contribution is 2.44. The van der Waals surface area contributed by atoms with Gasteiger partial charge in [-0.25, -0.2) is 4.79 Å². The number of alkyl halides is 3. The molecule has 2 amide bonds. The standard InChI is InChI=1S/C19H17F3N2O5/c1-29-13-8-4-11(5-9-13)16(26)14-15(10-2-6-12(25)7-3-10)23-17(27)24-18(14,28)19(20,21)22/h2-9,14-15,25,28H,1H3,(H2,23,24,27)/t14-,15+,18-/m0/s1. The molecule has 0 radical (unpaired) electrons. The number of carbonyl (C=O) groups excluding carboxylic acids is 2. The molecular weight excluding hydrogens is 393 g/mol. The molecule has 3 atom stereocenters. The van der Waals surface area contributed by atoms with Gasteiger partial charge >= 0.3 is 12.2 Å². The van der Waals surface area contributed by atoms with E-state index >= 15 is 0 Å². The number of ether oxygens (including phenoxy) is 1. The summed E-state index contributed by atoms with van der Waals surface area (Å²) in [7, 11) is 1.39. The first-order valence-electron chi connectivity index (χ1n) is 8.42. The number of urea groups is 1. The fraction of sp³-hybridized carbons (Fsp3) is 0.263. The van der Waals surface area contributed by atoms with Crippen molar-refractivity contribution < 1.29 is 37.7 Å². The number of hydrogen-bond acceptors (Lipinski definition) is 5. The van der Waals surface area contributed by atoms with Crippen molar-refractivity contribution in [3.05, 3.63) is 59.7 Å². The van der Waals surface area contributed by atoms with Crippen LogP contribution in [0.2, 0.25) is 0 Å². The molecule has 7 nitrogen and oxygen atoms in total. The molecule has 2 aromatic carbocycles. The Bertz CT molecular complexity index is 915. The Morgan fingerprint density at radius 3 is 2.21 bits per heavy atom. The number of phenols is 1. The van der Waals surface area contributed by atoms with E-state index in [0.29, 0.717) is 5.75 Å². The Labute approximate surface area is 163 Å². The van der Waals surface area contributed by atoms with E-state index in [1.54, 1.807) is 0 Å². The largest absolute Gasteiger partial charge is 0.508 e. The maximum atomic E-state index is 13.8. The highest BCUT2D eigenvalue weighted by Gasteiger charge is 2.66. The van der Waals surface area contributed by atoms with E-state index in [1.807, 2.05) is 0 Å². The number of ketones is 1. The monoisotopic (exact) mass is 410 g/mol. The van der Waals surface area contributed by atoms with Gasteiger partial charge in [-0.15, -0.1) is 0 Å². The predicted octanol–water partition coefficient (Wildman–Crippen LogP) is 2.50. The number of amides is 2. The van der Waals surface area contributed by atoms with Crippen LogP contribution in [0.4, 0.5) is 18.0 Å². The highest BCUT2D eigenvalue weighted by molar-refractivity contribution is 6.00. The van der Waals surface area contributed by atoms with Crippen molar-refractivity contribution in [2.24, 2.45) is 5.92 Å². The van der Waals surface area contributed by atoms with Gasteiger partial charge in [-0.1, -0.05) is 12.1 Å². The van der Waals surface area contributed by atoms with Gasteiger partial charge in [0.15, 0.2) is 5.78 Å². The maximum absolute atomic E-state index is 13.8. The van der Waals surface area contributed by atoms with Gasteiger partial charge in [-0.2, -0.15) is 13.2 Å². The molecule has 1 aliphatic rings. The van der Waals surface area contributed by atoms with Gasteiger partial charge in [-0.3, -0.25) is 4.79 Å². The van der Waals surface area contributed by atoms with E-state index in [9.17, 15) is 33.0 Å². The number of halogens is 3. The third-order valence-corrected chi connectivity index (χ3v) is 4.72. The summed E-state index contributed by atoms with van der Waals surface area (Å²) >= 11 is 0. The van der Waals surface area contributed by atoms with Crippen LogP contribution in [0, 0.1) is 5.92 Å². The third kappa shape index (κ3) is 3.70. The number of rotatable bonds is 4. The number of aliphatic hydroxyl groups is 1. The van der Waals surface area contributed by atoms with E-state index in [4.69, 9.17) is 4.74 Å². The van der Waals surface area contributed by atoms with Crippen LogP contribution in [-0.4, -0.2) is 41.0 Å². The Balaban J connectivity index is 2.13. The lowest BCUT2D eigenvalue weighted by Crippen LogP contribution is -2.72. The second kappa shape index (κ2) is 7.28. The van der Waals surface area contributed by atoms with Gasteiger partial charge < -0.3 is 25.6 Å². The lowest BCUT2D eigenvalue weighted by Gasteiger charge is -2.45. The van der Waals surface area contributed by atoms with Crippen LogP contribution in [0.15, 0.2) is 48.5 Å². The predicted molar refractivity (Wildman–Crippen MR) is 94.3 cm³/mol. The molecule has 0 bridgehead atoms. The summed E-state index contributed by atoms with van der Waals surface area (Å²) in [5.41, 5.74) is -3.82. The molecule has 1 heterocycles. The molecule has 154 valence electrons. The Hall–Kier alpha value is -3.27. The van der Waals surface area contributed by atoms with Crippen LogP contribution < -0.4 is 15.4 Å². The van der Waals surface area contributed by atoms with Crippen LogP contribution in [0.3, 0.4) is 0 Å². The van der Waals surface area contributed by atoms with Crippen LogP contribution in [-0.2, 0) is 0 Å². The number of nitrogens with one attached hydrogen (secondary N) is 2. The second-order valence-corrected chi connectivity index (χ2v) is 6.50. The Morgan fingerprint density at radius 2 is 1.69 bits per heavy atom. The fourth-order valence-electron chi connectivity index (χ4n) is 3.23. The lowest BCUT2D eigenvalue weighted by atomic mass is 9.77. The van der Waals surface area contributed by atoms with Crippen LogP contribution in [0.1, 0.15) is 22.0 Å². The average molecular weight is 410 g/mol. The van der Waals surface area contributed by atoms with Gasteiger partial charge in [0, 0.05) is 5.56 Å². The summed E-state index contributed by atoms with van der Waals surface area (Å²) in [6.45, 7) is 0. The highest BCUT2D eigenvalue weighted by atomic mass is 19.4. The minimum absolute atomic E-state index is 0.104. The Kier molecular flexibility index (Phi) is 5.14. The van der Waals surface area contributed by atoms with Crippen LogP contribution >= 0.6 is 0 Å². The first-order chi connectivity index (χ1) is 13.6. The van der Waals surface area contributed by atoms with E-state index in [-0.39, 0.29) is 16.9 Å². The molecule has 0 aliphatic carbocycles. The second-order valence-electron chi connectivity index (χ2n) is 6.50. The summed E-state index contributed by atoms with van der Waals surface area (Å²) < 4.78 is 46.3. The van der Waals surface area contributed by atoms with Crippen molar-refractivity contribution in [1.82, 2.24) is 10.6 Å². The zero-order valence-electron chi connectivity index (χ0n) is 15.0. The molecule has 1 aliphatic heterocycles. The lowest BCUT2D eigenvalue weighted by molar-refractivity contribution is -0.287. The number of aromatic hydroxyl groups is 1. The molecule has 0 unspecified atom stereocenters. The van der Waals surface area contributed by atoms with Crippen molar-refractivity contribution in [2.45, 2.75) is 17.9 Å². The number of carbonyl (C=O) groups is 2. The molecule has 0 saturated carbocycles. The van der Waals surface area contributed by atoms with Gasteiger partial charge in [0.2, 0.25) is 5.72 Å². The number of hydrogen-bond donors (Lipinski definition) is 4. The van der Waals surface area contributed by atoms with E-state index in [2.05, 4.69) is 5.32 Å². The molecule has 4 N–H and O–H groups in total. The smallest absolute Gasteiger partial charge is 0.437 e. The topological polar surface area (TPSA) is 108 Å². The maximum Gasteiger partial charge on any atom is 0.437 e. The van der Waals surface area contributed by atoms with E-state index < -0.39 is 35.7 Å². The van der Waals surface area contributed by atoms with Crippen molar-refractivity contribution >= 4 is 11.8 Å². The normalized spacial score (nSPS) is 24.4. The number of benzene rings is 2. The summed E-state index contributed by atoms with van der Waals surface area (Å²) in [6, 6.07) is 7.44. The molecule has 1 fully saturated rings. The average Bonchev–Trinajstić information content (AvgIpc) is 2.67. The molecule has 0 spiro atoms. The third-order valence-electron chi connectivity index (χ3n) is 4.72. The summed E-state index contributed by atoms with van der Waals surface area (Å²) in [4.78, 5) is 25.0. The van der Waals surface area contributed by atoms with Crippen molar-refractivity contribution in [3.63, 3.8) is 0 Å². The van der Waals surface area contributed by atoms with Crippen molar-refractivity contribution in [2.75, 3.05) is 7.11 Å². The van der Waals surface area contributed by atoms with Crippen LogP contribution in [0.5, 0.6) is 11.5 Å². The van der Waals surface area contributed by atoms with Crippen LogP contribution in [0.25, 0.3) is 0 Å². The number of methoxy groups -OCH3 is 1. The van der Waals surface area contributed by atoms with E-state index in [1.165, 1.54) is 61.0 Å². The molecular formula is C19H17F3N2O5. The van der Waals surface area contributed by atoms with Gasteiger partial charge in [0.1, 0.15) is 17.4 Å². The quantitative estimate of drug-likeness (QED) is 0.580. The number of Topliss-reactive ketones (excluding diaryl/α,β-unsaturated/α-hetero) is 1. The molecule has 2 aromatic rings. The molecule has 10 heteroatoms. The Morgan fingerprint density at radius 1 is 1.10 bits per heavy atom. The first-order valence-corrected chi connectivity index (χ1v) is 8.42. The SMILES string of the molecule is COc1ccc(C(=O)[C@@H]2[C@@H](c3ccc(O)cc3)NC(=O)N[C@@]2(O)C(F)(F)F)cc1. The zero-order valence-corrected chi connectivity index (χ0v) is 15.0. The van der Waals surface area contributed by atoms with Gasteiger partial charge in [-0.05, 0) is 42.0 Å². The summed E-state index contributed by atoms with van der Waals surface area (Å²) in [5, 5.41) is 23.6. The molecule has 29 heavy (non-hydrogen) atoms. The molecule has 0 aromatic heterocycles. The first kappa shape index (κ1) is 20.5. The minimum Gasteiger partial charge on any atom is -0.508 e. The summed E-state index contributed by atoms with van der Waals surface area (Å²) in [6.07, 6.45) is -5.34. The minimum atomic E-state index is -5.34.